The molecule has 1 saturated carbocycles. The summed E-state index contributed by atoms with van der Waals surface area (Å²) in [7, 11) is 0. The van der Waals surface area contributed by atoms with Crippen LogP contribution < -0.4 is 0 Å². The predicted molar refractivity (Wildman–Crippen MR) is 57.9 cm³/mol. The van der Waals surface area contributed by atoms with E-state index in [-0.39, 0.29) is 24.3 Å². The van der Waals surface area contributed by atoms with Crippen molar-refractivity contribution in [2.45, 2.75) is 32.3 Å². The molecule has 1 aliphatic carbocycles. The van der Waals surface area contributed by atoms with Crippen LogP contribution in [0, 0.1) is 5.92 Å². The third-order valence-electron chi connectivity index (χ3n) is 3.05. The van der Waals surface area contributed by atoms with Crippen LogP contribution in [-0.2, 0) is 9.47 Å². The zero-order valence-corrected chi connectivity index (χ0v) is 9.18. The minimum Gasteiger partial charge on any atom is -0.320 e. The van der Waals surface area contributed by atoms with E-state index in [1.165, 1.54) is 0 Å². The van der Waals surface area contributed by atoms with Crippen molar-refractivity contribution in [3.8, 4) is 0 Å². The first-order valence-electron chi connectivity index (χ1n) is 5.69. The molecule has 3 rings (SSSR count). The highest BCUT2D eigenvalue weighted by atomic mass is 16.9. The number of carbonyl (C=O) groups excluding carboxylic acids is 1. The molecular weight excluding hydrogens is 204 g/mol. The highest BCUT2D eigenvalue weighted by molar-refractivity contribution is 5.99. The molecule has 3 heteroatoms. The summed E-state index contributed by atoms with van der Waals surface area (Å²) in [6.07, 6.45) is 1.73. The van der Waals surface area contributed by atoms with Crippen molar-refractivity contribution >= 4 is 5.78 Å². The zero-order valence-electron chi connectivity index (χ0n) is 9.18. The van der Waals surface area contributed by atoms with Gasteiger partial charge in [0.1, 0.15) is 0 Å². The third-order valence-corrected chi connectivity index (χ3v) is 3.05. The molecule has 0 atom stereocenters. The number of hydrogen-bond acceptors (Lipinski definition) is 3. The summed E-state index contributed by atoms with van der Waals surface area (Å²) in [6.45, 7) is 1.86. The molecule has 2 aliphatic rings. The Kier molecular flexibility index (Phi) is 2.30. The SMILES string of the molecule is CC1OC(c2ccc(C(=O)C3CC3)cc2)O1. The van der Waals surface area contributed by atoms with E-state index in [4.69, 9.17) is 9.47 Å². The van der Waals surface area contributed by atoms with Crippen molar-refractivity contribution < 1.29 is 14.3 Å². The van der Waals surface area contributed by atoms with Gasteiger partial charge < -0.3 is 9.47 Å². The summed E-state index contributed by atoms with van der Waals surface area (Å²) < 4.78 is 10.8. The molecule has 1 aromatic carbocycles. The lowest BCUT2D eigenvalue weighted by Crippen LogP contribution is -2.31. The molecule has 0 N–H and O–H groups in total. The minimum absolute atomic E-state index is 0.113. The minimum atomic E-state index is -0.250. The molecule has 84 valence electrons. The van der Waals surface area contributed by atoms with E-state index in [2.05, 4.69) is 0 Å². The van der Waals surface area contributed by atoms with Gasteiger partial charge in [-0.15, -0.1) is 0 Å². The van der Waals surface area contributed by atoms with Gasteiger partial charge in [0.25, 0.3) is 0 Å². The molecule has 16 heavy (non-hydrogen) atoms. The van der Waals surface area contributed by atoms with Crippen molar-refractivity contribution in [1.82, 2.24) is 0 Å². The van der Waals surface area contributed by atoms with Gasteiger partial charge in [-0.05, 0) is 19.8 Å². The number of ether oxygens (including phenoxy) is 2. The standard InChI is InChI=1S/C13H14O3/c1-8-15-13(16-8)11-6-4-10(5-7-11)12(14)9-2-3-9/h4-9,13H,2-3H2,1H3. The van der Waals surface area contributed by atoms with Crippen molar-refractivity contribution in [2.75, 3.05) is 0 Å². The van der Waals surface area contributed by atoms with Gasteiger partial charge in [-0.2, -0.15) is 0 Å². The molecule has 2 fully saturated rings. The molecule has 0 aromatic heterocycles. The number of ketones is 1. The molecule has 1 aliphatic heterocycles. The third kappa shape index (κ3) is 1.77. The fourth-order valence-corrected chi connectivity index (χ4v) is 1.90. The van der Waals surface area contributed by atoms with E-state index in [1.54, 1.807) is 0 Å². The summed E-state index contributed by atoms with van der Waals surface area (Å²) in [5, 5.41) is 0. The van der Waals surface area contributed by atoms with Gasteiger partial charge in [0.2, 0.25) is 0 Å². The van der Waals surface area contributed by atoms with Gasteiger partial charge >= 0.3 is 0 Å². The van der Waals surface area contributed by atoms with Crippen LogP contribution in [0.2, 0.25) is 0 Å². The molecule has 0 spiro atoms. The smallest absolute Gasteiger partial charge is 0.189 e. The molecule has 0 radical (unpaired) electrons. The number of Topliss-reactive ketones (excluding diaryl/α,β-unsaturated/α-hetero) is 1. The number of rotatable bonds is 3. The fourth-order valence-electron chi connectivity index (χ4n) is 1.90. The normalized spacial score (nSPS) is 28.6. The second-order valence-electron chi connectivity index (χ2n) is 4.43. The van der Waals surface area contributed by atoms with E-state index in [0.29, 0.717) is 0 Å². The fraction of sp³-hybridized carbons (Fsp3) is 0.462. The van der Waals surface area contributed by atoms with Gasteiger partial charge in [-0.25, -0.2) is 0 Å². The highest BCUT2D eigenvalue weighted by Gasteiger charge is 2.31. The first-order chi connectivity index (χ1) is 7.74. The molecular formula is C13H14O3. The predicted octanol–water partition coefficient (Wildman–Crippen LogP) is 2.67. The lowest BCUT2D eigenvalue weighted by atomic mass is 10.0. The van der Waals surface area contributed by atoms with Crippen LogP contribution in [0.5, 0.6) is 0 Å². The Hall–Kier alpha value is -1.19. The maximum Gasteiger partial charge on any atom is 0.189 e. The second-order valence-corrected chi connectivity index (χ2v) is 4.43. The summed E-state index contributed by atoms with van der Waals surface area (Å²) in [5.41, 5.74) is 1.78. The van der Waals surface area contributed by atoms with Crippen LogP contribution in [0.25, 0.3) is 0 Å². The maximum atomic E-state index is 11.8. The van der Waals surface area contributed by atoms with Crippen molar-refractivity contribution in [2.24, 2.45) is 5.92 Å². The van der Waals surface area contributed by atoms with Gasteiger partial charge in [-0.3, -0.25) is 4.79 Å². The Bertz CT molecular complexity index is 400. The van der Waals surface area contributed by atoms with E-state index < -0.39 is 0 Å². The molecule has 1 aromatic rings. The molecule has 0 amide bonds. The molecule has 1 heterocycles. The van der Waals surface area contributed by atoms with Crippen LogP contribution in [-0.4, -0.2) is 12.1 Å². The van der Waals surface area contributed by atoms with Crippen LogP contribution in [0.4, 0.5) is 0 Å². The van der Waals surface area contributed by atoms with Crippen LogP contribution in [0.15, 0.2) is 24.3 Å². The zero-order chi connectivity index (χ0) is 11.1. The van der Waals surface area contributed by atoms with Gasteiger partial charge in [-0.1, -0.05) is 24.3 Å². The Morgan fingerprint density at radius 1 is 1.19 bits per heavy atom. The number of hydrogen-bond donors (Lipinski definition) is 0. The average molecular weight is 218 g/mol. The Labute approximate surface area is 94.4 Å². The lowest BCUT2D eigenvalue weighted by Gasteiger charge is -2.33. The molecule has 1 saturated heterocycles. The van der Waals surface area contributed by atoms with Crippen molar-refractivity contribution in [3.05, 3.63) is 35.4 Å². The van der Waals surface area contributed by atoms with Crippen LogP contribution in [0.3, 0.4) is 0 Å². The molecule has 0 unspecified atom stereocenters. The van der Waals surface area contributed by atoms with Crippen LogP contribution in [0.1, 0.15) is 42.0 Å². The first kappa shape index (κ1) is 10.00. The highest BCUT2D eigenvalue weighted by Crippen LogP contribution is 2.34. The van der Waals surface area contributed by atoms with Gasteiger partial charge in [0, 0.05) is 17.0 Å². The van der Waals surface area contributed by atoms with E-state index >= 15 is 0 Å². The quantitative estimate of drug-likeness (QED) is 0.732. The van der Waals surface area contributed by atoms with E-state index in [1.807, 2.05) is 31.2 Å². The Morgan fingerprint density at radius 3 is 2.31 bits per heavy atom. The van der Waals surface area contributed by atoms with E-state index in [9.17, 15) is 4.79 Å². The van der Waals surface area contributed by atoms with E-state index in [0.717, 1.165) is 24.0 Å². The van der Waals surface area contributed by atoms with Crippen molar-refractivity contribution in [3.63, 3.8) is 0 Å². The monoisotopic (exact) mass is 218 g/mol. The van der Waals surface area contributed by atoms with Crippen molar-refractivity contribution in [1.29, 1.82) is 0 Å². The first-order valence-corrected chi connectivity index (χ1v) is 5.69. The number of benzene rings is 1. The maximum absolute atomic E-state index is 11.8. The average Bonchev–Trinajstić information content (AvgIpc) is 3.08. The largest absolute Gasteiger partial charge is 0.320 e. The Morgan fingerprint density at radius 2 is 1.81 bits per heavy atom. The summed E-state index contributed by atoms with van der Waals surface area (Å²) in [6, 6.07) is 7.55. The summed E-state index contributed by atoms with van der Waals surface area (Å²) in [5.74, 6) is 0.553. The van der Waals surface area contributed by atoms with Crippen LogP contribution >= 0.6 is 0 Å². The topological polar surface area (TPSA) is 35.5 Å². The Balaban J connectivity index is 1.72. The molecule has 0 bridgehead atoms. The van der Waals surface area contributed by atoms with Gasteiger partial charge in [0.15, 0.2) is 18.4 Å². The molecule has 3 nitrogen and oxygen atoms in total. The lowest BCUT2D eigenvalue weighted by molar-refractivity contribution is -0.382. The second kappa shape index (κ2) is 3.68. The van der Waals surface area contributed by atoms with Gasteiger partial charge in [0.05, 0.1) is 0 Å². The number of carbonyl (C=O) groups is 1. The summed E-state index contributed by atoms with van der Waals surface area (Å²) >= 11 is 0. The summed E-state index contributed by atoms with van der Waals surface area (Å²) in [4.78, 5) is 11.8.